The normalized spacial score (nSPS) is 12.9. The van der Waals surface area contributed by atoms with Gasteiger partial charge < -0.3 is 14.4 Å². The number of amides is 1. The molecule has 0 saturated carbocycles. The van der Waals surface area contributed by atoms with Gasteiger partial charge in [0.05, 0.1) is 43.9 Å². The van der Waals surface area contributed by atoms with Crippen LogP contribution in [0.4, 0.5) is 18.9 Å². The van der Waals surface area contributed by atoms with E-state index in [-0.39, 0.29) is 24.9 Å². The topological polar surface area (TPSA) is 86.5 Å². The molecule has 2 aromatic heterocycles. The highest BCUT2D eigenvalue weighted by Gasteiger charge is 2.42. The molecule has 184 valence electrons. The Morgan fingerprint density at radius 1 is 1.08 bits per heavy atom. The number of ether oxygens (including phenoxy) is 2. The van der Waals surface area contributed by atoms with Crippen molar-refractivity contribution in [2.24, 2.45) is 0 Å². The van der Waals surface area contributed by atoms with Crippen molar-refractivity contribution in [3.05, 3.63) is 77.2 Å². The number of methoxy groups -OCH3 is 1. The first-order valence-electron chi connectivity index (χ1n) is 10.9. The highest BCUT2D eigenvalue weighted by atomic mass is 19.4. The van der Waals surface area contributed by atoms with Crippen molar-refractivity contribution in [2.75, 3.05) is 18.6 Å². The number of pyridine rings is 1. The number of esters is 1. The van der Waals surface area contributed by atoms with E-state index in [9.17, 15) is 22.8 Å². The number of rotatable bonds is 6. The van der Waals surface area contributed by atoms with Gasteiger partial charge in [0, 0.05) is 10.8 Å². The van der Waals surface area contributed by atoms with Crippen LogP contribution in [0, 0.1) is 0 Å². The van der Waals surface area contributed by atoms with Gasteiger partial charge in [-0.2, -0.15) is 18.3 Å². The molecule has 2 aromatic carbocycles. The lowest BCUT2D eigenvalue weighted by Gasteiger charge is -2.18. The number of aromatic nitrogens is 3. The number of alkyl halides is 3. The lowest BCUT2D eigenvalue weighted by molar-refractivity contribution is -0.143. The average Bonchev–Trinajstić information content (AvgIpc) is 3.42. The summed E-state index contributed by atoms with van der Waals surface area (Å²) in [5.41, 5.74) is -0.373. The summed E-state index contributed by atoms with van der Waals surface area (Å²) in [6.45, 7) is 1.64. The zero-order valence-corrected chi connectivity index (χ0v) is 19.2. The molecule has 5 rings (SSSR count). The molecule has 1 amide bonds. The molecule has 0 N–H and O–H groups in total. The van der Waals surface area contributed by atoms with E-state index in [0.717, 1.165) is 11.8 Å². The monoisotopic (exact) mass is 496 g/mol. The van der Waals surface area contributed by atoms with E-state index < -0.39 is 23.4 Å². The quantitative estimate of drug-likeness (QED) is 0.357. The predicted octanol–water partition coefficient (Wildman–Crippen LogP) is 4.79. The maximum absolute atomic E-state index is 14.1. The molecule has 0 bridgehead atoms. The van der Waals surface area contributed by atoms with E-state index in [0.29, 0.717) is 32.5 Å². The summed E-state index contributed by atoms with van der Waals surface area (Å²) in [7, 11) is 1.55. The van der Waals surface area contributed by atoms with Gasteiger partial charge in [0.2, 0.25) is 0 Å². The predicted molar refractivity (Wildman–Crippen MR) is 123 cm³/mol. The van der Waals surface area contributed by atoms with E-state index in [1.807, 2.05) is 12.1 Å². The van der Waals surface area contributed by atoms with Crippen LogP contribution in [0.5, 0.6) is 5.75 Å². The first kappa shape index (κ1) is 23.3. The van der Waals surface area contributed by atoms with Crippen LogP contribution in [-0.4, -0.2) is 40.4 Å². The SMILES string of the molecule is CCOC(=O)c1cnn(-c2ncc3c4c(cccc24)C(=O)N3Cc2ccc(OC)cc2)c1C(F)(F)F. The Hall–Kier alpha value is -4.41. The maximum Gasteiger partial charge on any atom is 0.434 e. The Balaban J connectivity index is 1.63. The number of benzene rings is 2. The number of carbonyl (C=O) groups is 2. The minimum absolute atomic E-state index is 0.0906. The molecule has 3 heterocycles. The van der Waals surface area contributed by atoms with Crippen LogP contribution in [0.25, 0.3) is 16.6 Å². The smallest absolute Gasteiger partial charge is 0.434 e. The highest BCUT2D eigenvalue weighted by Crippen LogP contribution is 2.41. The molecular formula is C25H19F3N4O4. The Bertz CT molecular complexity index is 1500. The van der Waals surface area contributed by atoms with Crippen LogP contribution < -0.4 is 9.64 Å². The van der Waals surface area contributed by atoms with Crippen molar-refractivity contribution in [1.29, 1.82) is 0 Å². The summed E-state index contributed by atoms with van der Waals surface area (Å²) >= 11 is 0. The third-order valence-corrected chi connectivity index (χ3v) is 5.87. The molecule has 11 heteroatoms. The van der Waals surface area contributed by atoms with E-state index in [4.69, 9.17) is 9.47 Å². The standard InChI is InChI=1S/C25H19F3N4O4/c1-3-36-24(34)18-11-30-32(21(18)25(26,27)28)22-16-5-4-6-17-20(16)19(12-29-22)31(23(17)33)13-14-7-9-15(35-2)10-8-14/h4-12H,3,13H2,1-2H3. The second kappa shape index (κ2) is 8.67. The van der Waals surface area contributed by atoms with Crippen LogP contribution >= 0.6 is 0 Å². The van der Waals surface area contributed by atoms with Crippen LogP contribution in [0.2, 0.25) is 0 Å². The number of halogens is 3. The van der Waals surface area contributed by atoms with Crippen LogP contribution in [0.1, 0.15) is 38.9 Å². The zero-order chi connectivity index (χ0) is 25.6. The molecule has 0 saturated heterocycles. The maximum atomic E-state index is 14.1. The van der Waals surface area contributed by atoms with E-state index >= 15 is 0 Å². The van der Waals surface area contributed by atoms with Gasteiger partial charge in [-0.1, -0.05) is 24.3 Å². The van der Waals surface area contributed by atoms with Gasteiger partial charge in [-0.3, -0.25) is 4.79 Å². The van der Waals surface area contributed by atoms with Crippen LogP contribution in [0.3, 0.4) is 0 Å². The molecule has 0 unspecified atom stereocenters. The summed E-state index contributed by atoms with van der Waals surface area (Å²) in [4.78, 5) is 31.2. The van der Waals surface area contributed by atoms with Crippen molar-refractivity contribution in [3.63, 3.8) is 0 Å². The van der Waals surface area contributed by atoms with Gasteiger partial charge in [0.25, 0.3) is 5.91 Å². The fourth-order valence-electron chi connectivity index (χ4n) is 4.29. The van der Waals surface area contributed by atoms with E-state index in [2.05, 4.69) is 10.1 Å². The van der Waals surface area contributed by atoms with Crippen LogP contribution in [0.15, 0.2) is 54.9 Å². The molecule has 0 atom stereocenters. The van der Waals surface area contributed by atoms with Gasteiger partial charge in [-0.15, -0.1) is 0 Å². The van der Waals surface area contributed by atoms with Gasteiger partial charge in [0.1, 0.15) is 11.3 Å². The van der Waals surface area contributed by atoms with Crippen molar-refractivity contribution in [2.45, 2.75) is 19.6 Å². The number of carbonyl (C=O) groups excluding carboxylic acids is 2. The number of hydrogen-bond acceptors (Lipinski definition) is 6. The molecule has 8 nitrogen and oxygen atoms in total. The Kier molecular flexibility index (Phi) is 5.62. The molecule has 0 aliphatic carbocycles. The fourth-order valence-corrected chi connectivity index (χ4v) is 4.29. The summed E-state index contributed by atoms with van der Waals surface area (Å²) in [6, 6.07) is 12.0. The van der Waals surface area contributed by atoms with Gasteiger partial charge in [-0.05, 0) is 30.7 Å². The molecule has 1 aliphatic rings. The van der Waals surface area contributed by atoms with Crippen molar-refractivity contribution in [1.82, 2.24) is 14.8 Å². The average molecular weight is 496 g/mol. The second-order valence-electron chi connectivity index (χ2n) is 7.97. The van der Waals surface area contributed by atoms with Gasteiger partial charge in [0.15, 0.2) is 11.5 Å². The first-order chi connectivity index (χ1) is 17.2. The third-order valence-electron chi connectivity index (χ3n) is 5.87. The molecule has 1 aliphatic heterocycles. The Morgan fingerprint density at radius 3 is 2.50 bits per heavy atom. The molecule has 4 aromatic rings. The van der Waals surface area contributed by atoms with Crippen LogP contribution in [-0.2, 0) is 17.5 Å². The zero-order valence-electron chi connectivity index (χ0n) is 19.2. The number of anilines is 1. The second-order valence-corrected chi connectivity index (χ2v) is 7.97. The molecule has 0 radical (unpaired) electrons. The first-order valence-corrected chi connectivity index (χ1v) is 10.9. The van der Waals surface area contributed by atoms with Crippen molar-refractivity contribution < 1.29 is 32.2 Å². The molecule has 0 fully saturated rings. The minimum Gasteiger partial charge on any atom is -0.497 e. The number of hydrogen-bond donors (Lipinski definition) is 0. The summed E-state index contributed by atoms with van der Waals surface area (Å²) in [5, 5.41) is 4.58. The fraction of sp³-hybridized carbons (Fsp3) is 0.200. The van der Waals surface area contributed by atoms with Crippen molar-refractivity contribution in [3.8, 4) is 11.6 Å². The van der Waals surface area contributed by atoms with Gasteiger partial charge >= 0.3 is 12.1 Å². The minimum atomic E-state index is -4.92. The number of nitrogens with zero attached hydrogens (tertiary/aromatic N) is 4. The summed E-state index contributed by atoms with van der Waals surface area (Å²) in [6.07, 6.45) is -2.76. The molecule has 36 heavy (non-hydrogen) atoms. The van der Waals surface area contributed by atoms with Crippen molar-refractivity contribution >= 4 is 28.3 Å². The molecular weight excluding hydrogens is 477 g/mol. The van der Waals surface area contributed by atoms with E-state index in [1.165, 1.54) is 18.0 Å². The summed E-state index contributed by atoms with van der Waals surface area (Å²) < 4.78 is 52.7. The van der Waals surface area contributed by atoms with E-state index in [1.54, 1.807) is 37.4 Å². The Morgan fingerprint density at radius 2 is 1.83 bits per heavy atom. The summed E-state index contributed by atoms with van der Waals surface area (Å²) in [5.74, 6) is -0.917. The van der Waals surface area contributed by atoms with Gasteiger partial charge in [-0.25, -0.2) is 14.5 Å². The lowest BCUT2D eigenvalue weighted by Crippen LogP contribution is -2.26. The Labute approximate surface area is 202 Å². The third kappa shape index (κ3) is 3.72. The largest absolute Gasteiger partial charge is 0.497 e. The molecule has 0 spiro atoms. The highest BCUT2D eigenvalue weighted by molar-refractivity contribution is 6.25. The lowest BCUT2D eigenvalue weighted by atomic mass is 10.1.